The van der Waals surface area contributed by atoms with E-state index in [9.17, 15) is 9.90 Å². The summed E-state index contributed by atoms with van der Waals surface area (Å²) in [6.07, 6.45) is 2.97. The second kappa shape index (κ2) is 9.79. The van der Waals surface area contributed by atoms with Crippen molar-refractivity contribution in [1.82, 2.24) is 0 Å². The van der Waals surface area contributed by atoms with Crippen molar-refractivity contribution in [3.63, 3.8) is 0 Å². The number of carbonyl (C=O) groups excluding carboxylic acids is 1. The van der Waals surface area contributed by atoms with Gasteiger partial charge in [0.2, 0.25) is 11.5 Å². The molecule has 1 aromatic rings. The molecular weight excluding hydrogens is 432 g/mol. The first kappa shape index (κ1) is 25.1. The largest absolute Gasteiger partial charge is 0.496 e. The van der Waals surface area contributed by atoms with Gasteiger partial charge in [-0.25, -0.2) is 0 Å². The molecule has 3 rings (SSSR count). The third-order valence-electron chi connectivity index (χ3n) is 6.89. The maximum atomic E-state index is 12.9. The normalized spacial score (nSPS) is 25.9. The molecule has 9 nitrogen and oxygen atoms in total. The van der Waals surface area contributed by atoms with Gasteiger partial charge in [0.15, 0.2) is 17.3 Å². The Labute approximate surface area is 194 Å². The summed E-state index contributed by atoms with van der Waals surface area (Å²) in [5, 5.41) is 11.8. The standard InChI is InChI=1S/C24H34O9/c1-27-18-10-14(11-19(28-2)21(18)30-4)8-9-15(22(25)31-5)23(26)13-20(29-3)24(32-6,33-7)17-12-16(17)23/h10-11,13,15-17,26H,8-9,12H2,1-7H3. The summed E-state index contributed by atoms with van der Waals surface area (Å²) < 4.78 is 38.2. The Bertz CT molecular complexity index is 867. The van der Waals surface area contributed by atoms with E-state index in [0.717, 1.165) is 5.56 Å². The van der Waals surface area contributed by atoms with Crippen LogP contribution in [0, 0.1) is 17.8 Å². The number of methoxy groups -OCH3 is 7. The molecule has 2 aliphatic rings. The van der Waals surface area contributed by atoms with Gasteiger partial charge < -0.3 is 38.3 Å². The van der Waals surface area contributed by atoms with Gasteiger partial charge >= 0.3 is 5.97 Å². The van der Waals surface area contributed by atoms with Crippen LogP contribution in [0.5, 0.6) is 17.2 Å². The van der Waals surface area contributed by atoms with E-state index in [-0.39, 0.29) is 11.8 Å². The molecule has 0 radical (unpaired) electrons. The summed E-state index contributed by atoms with van der Waals surface area (Å²) in [5.74, 6) is -0.913. The van der Waals surface area contributed by atoms with Crippen LogP contribution in [0.15, 0.2) is 24.0 Å². The molecule has 0 aromatic heterocycles. The zero-order valence-corrected chi connectivity index (χ0v) is 20.3. The lowest BCUT2D eigenvalue weighted by atomic mass is 9.74. The Morgan fingerprint density at radius 3 is 2.03 bits per heavy atom. The number of aliphatic hydroxyl groups is 1. The molecule has 1 N–H and O–H groups in total. The summed E-state index contributed by atoms with van der Waals surface area (Å²) in [6, 6.07) is 3.66. The van der Waals surface area contributed by atoms with Gasteiger partial charge in [0.1, 0.15) is 5.60 Å². The van der Waals surface area contributed by atoms with E-state index in [1.54, 1.807) is 34.5 Å². The number of esters is 1. The molecule has 4 unspecified atom stereocenters. The third kappa shape index (κ3) is 4.13. The molecule has 9 heteroatoms. The number of hydrogen-bond acceptors (Lipinski definition) is 9. The molecule has 0 spiro atoms. The maximum absolute atomic E-state index is 12.9. The smallest absolute Gasteiger partial charge is 0.311 e. The first-order valence-corrected chi connectivity index (χ1v) is 10.8. The molecule has 4 atom stereocenters. The predicted octanol–water partition coefficient (Wildman–Crippen LogP) is 2.33. The minimum Gasteiger partial charge on any atom is -0.496 e. The molecule has 1 fully saturated rings. The zero-order valence-electron chi connectivity index (χ0n) is 20.3. The van der Waals surface area contributed by atoms with Crippen LogP contribution in [0.1, 0.15) is 18.4 Å². The van der Waals surface area contributed by atoms with E-state index in [2.05, 4.69) is 0 Å². The van der Waals surface area contributed by atoms with Crippen LogP contribution in [0.25, 0.3) is 0 Å². The van der Waals surface area contributed by atoms with Crippen LogP contribution in [-0.4, -0.2) is 72.2 Å². The van der Waals surface area contributed by atoms with Gasteiger partial charge in [-0.3, -0.25) is 4.79 Å². The summed E-state index contributed by atoms with van der Waals surface area (Å²) in [4.78, 5) is 12.9. The number of aryl methyl sites for hydroxylation is 1. The molecule has 2 aliphatic carbocycles. The van der Waals surface area contributed by atoms with Crippen molar-refractivity contribution >= 4 is 5.97 Å². The van der Waals surface area contributed by atoms with Crippen LogP contribution in [-0.2, 0) is 30.2 Å². The van der Waals surface area contributed by atoms with Crippen LogP contribution in [0.2, 0.25) is 0 Å². The van der Waals surface area contributed by atoms with Crippen molar-refractivity contribution in [2.24, 2.45) is 17.8 Å². The van der Waals surface area contributed by atoms with Gasteiger partial charge in [0.25, 0.3) is 0 Å². The number of rotatable bonds is 11. The highest BCUT2D eigenvalue weighted by Gasteiger charge is 2.69. The predicted molar refractivity (Wildman–Crippen MR) is 118 cm³/mol. The number of fused-ring (bicyclic) bond motifs is 1. The lowest BCUT2D eigenvalue weighted by Gasteiger charge is -2.42. The number of carbonyl (C=O) groups is 1. The van der Waals surface area contributed by atoms with Crippen LogP contribution in [0.4, 0.5) is 0 Å². The van der Waals surface area contributed by atoms with Crippen molar-refractivity contribution in [1.29, 1.82) is 0 Å². The Hall–Kier alpha value is -2.49. The van der Waals surface area contributed by atoms with Crippen molar-refractivity contribution in [3.05, 3.63) is 29.5 Å². The van der Waals surface area contributed by atoms with E-state index in [4.69, 9.17) is 33.2 Å². The van der Waals surface area contributed by atoms with E-state index in [1.165, 1.54) is 21.3 Å². The monoisotopic (exact) mass is 466 g/mol. The Morgan fingerprint density at radius 2 is 1.58 bits per heavy atom. The van der Waals surface area contributed by atoms with E-state index < -0.39 is 23.3 Å². The lowest BCUT2D eigenvalue weighted by Crippen LogP contribution is -2.52. The SMILES string of the molecule is COC(=O)C(CCc1cc(OC)c(OC)c(OC)c1)C1(O)C=C(OC)C(OC)(OC)C2CC21. The number of hydrogen-bond donors (Lipinski definition) is 1. The van der Waals surface area contributed by atoms with Crippen molar-refractivity contribution < 1.29 is 43.1 Å². The van der Waals surface area contributed by atoms with Crippen LogP contribution in [0.3, 0.4) is 0 Å². The zero-order chi connectivity index (χ0) is 24.4. The number of benzene rings is 1. The minimum absolute atomic E-state index is 0.147. The van der Waals surface area contributed by atoms with Crippen molar-refractivity contribution in [2.45, 2.75) is 30.7 Å². The van der Waals surface area contributed by atoms with E-state index in [0.29, 0.717) is 42.3 Å². The second-order valence-corrected chi connectivity index (χ2v) is 8.27. The fourth-order valence-corrected chi connectivity index (χ4v) is 5.14. The van der Waals surface area contributed by atoms with Crippen LogP contribution < -0.4 is 14.2 Å². The molecule has 0 amide bonds. The highest BCUT2D eigenvalue weighted by molar-refractivity contribution is 5.75. The van der Waals surface area contributed by atoms with E-state index in [1.807, 2.05) is 12.1 Å². The topological polar surface area (TPSA) is 102 Å². The van der Waals surface area contributed by atoms with Gasteiger partial charge in [0.05, 0.1) is 41.5 Å². The highest BCUT2D eigenvalue weighted by Crippen LogP contribution is 2.62. The molecule has 1 saturated carbocycles. The molecule has 0 heterocycles. The molecule has 1 aromatic carbocycles. The molecule has 184 valence electrons. The van der Waals surface area contributed by atoms with Gasteiger partial charge in [-0.15, -0.1) is 0 Å². The van der Waals surface area contributed by atoms with Gasteiger partial charge in [-0.2, -0.15) is 0 Å². The fraction of sp³-hybridized carbons (Fsp3) is 0.625. The summed E-state index contributed by atoms with van der Waals surface area (Å²) in [7, 11) is 10.5. The molecule has 0 aliphatic heterocycles. The van der Waals surface area contributed by atoms with Crippen molar-refractivity contribution in [2.75, 3.05) is 49.8 Å². The van der Waals surface area contributed by atoms with Gasteiger partial charge in [-0.05, 0) is 43.0 Å². The average Bonchev–Trinajstić information content (AvgIpc) is 3.66. The average molecular weight is 467 g/mol. The number of ether oxygens (including phenoxy) is 7. The Kier molecular flexibility index (Phi) is 7.45. The summed E-state index contributed by atoms with van der Waals surface area (Å²) in [5.41, 5.74) is -0.603. The highest BCUT2D eigenvalue weighted by atomic mass is 16.7. The van der Waals surface area contributed by atoms with Gasteiger partial charge in [0, 0.05) is 26.1 Å². The second-order valence-electron chi connectivity index (χ2n) is 8.27. The minimum atomic E-state index is -1.47. The lowest BCUT2D eigenvalue weighted by molar-refractivity contribution is -0.228. The fourth-order valence-electron chi connectivity index (χ4n) is 5.14. The summed E-state index contributed by atoms with van der Waals surface area (Å²) >= 11 is 0. The molecule has 33 heavy (non-hydrogen) atoms. The third-order valence-corrected chi connectivity index (χ3v) is 6.89. The van der Waals surface area contributed by atoms with Gasteiger partial charge in [-0.1, -0.05) is 0 Å². The quantitative estimate of drug-likeness (QED) is 0.389. The molecule has 0 saturated heterocycles. The Balaban J connectivity index is 1.94. The van der Waals surface area contributed by atoms with E-state index >= 15 is 0 Å². The first-order valence-electron chi connectivity index (χ1n) is 10.8. The van der Waals surface area contributed by atoms with Crippen molar-refractivity contribution in [3.8, 4) is 17.2 Å². The van der Waals surface area contributed by atoms with Crippen LogP contribution >= 0.6 is 0 Å². The molecular formula is C24H34O9. The first-order chi connectivity index (χ1) is 15.8. The molecule has 0 bridgehead atoms. The summed E-state index contributed by atoms with van der Waals surface area (Å²) in [6.45, 7) is 0. The maximum Gasteiger partial charge on any atom is 0.311 e. The Morgan fingerprint density at radius 1 is 0.970 bits per heavy atom.